The average Bonchev–Trinajstić information content (AvgIpc) is 3.61. The Morgan fingerprint density at radius 3 is 2.78 bits per heavy atom. The minimum atomic E-state index is -0.574. The number of nitrogens with zero attached hydrogens (tertiary/aromatic N) is 1. The highest BCUT2D eigenvalue weighted by Gasteiger charge is 2.63. The third kappa shape index (κ3) is 5.03. The minimum Gasteiger partial charge on any atom is -0.440 e. The molecular formula is C35H41NO4S. The van der Waals surface area contributed by atoms with Crippen molar-refractivity contribution >= 4 is 33.3 Å². The highest BCUT2D eigenvalue weighted by atomic mass is 32.1. The van der Waals surface area contributed by atoms with E-state index in [4.69, 9.17) is 4.74 Å². The van der Waals surface area contributed by atoms with Gasteiger partial charge in [-0.1, -0.05) is 55.8 Å². The van der Waals surface area contributed by atoms with E-state index in [9.17, 15) is 14.7 Å². The van der Waals surface area contributed by atoms with E-state index in [1.165, 1.54) is 5.57 Å². The summed E-state index contributed by atoms with van der Waals surface area (Å²) in [7, 11) is 0. The molecule has 3 aromatic rings. The molecule has 2 bridgehead atoms. The first kappa shape index (κ1) is 28.2. The summed E-state index contributed by atoms with van der Waals surface area (Å²) in [4.78, 5) is 30.0. The predicted molar refractivity (Wildman–Crippen MR) is 165 cm³/mol. The number of ketones is 1. The largest absolute Gasteiger partial charge is 0.440 e. The number of carbonyl (C=O) groups is 2. The van der Waals surface area contributed by atoms with Gasteiger partial charge in [-0.15, -0.1) is 11.3 Å². The van der Waals surface area contributed by atoms with Crippen LogP contribution in [0.1, 0.15) is 98.0 Å². The molecule has 2 fully saturated rings. The zero-order valence-electron chi connectivity index (χ0n) is 24.4. The van der Waals surface area contributed by atoms with Gasteiger partial charge in [-0.25, -0.2) is 4.79 Å². The fourth-order valence-corrected chi connectivity index (χ4v) is 8.67. The Morgan fingerprint density at radius 2 is 1.98 bits per heavy atom. The molecule has 2 heterocycles. The highest BCUT2D eigenvalue weighted by molar-refractivity contribution is 7.21. The molecular weight excluding hydrogens is 530 g/mol. The summed E-state index contributed by atoms with van der Waals surface area (Å²) in [5, 5.41) is 11.9. The Kier molecular flexibility index (Phi) is 7.58. The second kappa shape index (κ2) is 11.0. The molecule has 1 N–H and O–H groups in total. The molecule has 7 rings (SSSR count). The van der Waals surface area contributed by atoms with Crippen molar-refractivity contribution in [2.75, 3.05) is 13.1 Å². The van der Waals surface area contributed by atoms with Crippen LogP contribution in [-0.4, -0.2) is 46.7 Å². The highest BCUT2D eigenvalue weighted by Crippen LogP contribution is 2.61. The number of fused-ring (bicyclic) bond motifs is 9. The van der Waals surface area contributed by atoms with Gasteiger partial charge in [0.25, 0.3) is 0 Å². The number of aliphatic hydroxyl groups is 1. The van der Waals surface area contributed by atoms with Crippen molar-refractivity contribution in [3.8, 4) is 0 Å². The number of hydrogen-bond acceptors (Lipinski definition) is 5. The van der Waals surface area contributed by atoms with Crippen LogP contribution in [0.5, 0.6) is 0 Å². The fraction of sp³-hybridized carbons (Fsp3) is 0.486. The maximum Gasteiger partial charge on any atom is 0.410 e. The minimum absolute atomic E-state index is 0.0414. The topological polar surface area (TPSA) is 66.8 Å². The fourth-order valence-electron chi connectivity index (χ4n) is 7.65. The van der Waals surface area contributed by atoms with E-state index in [1.807, 2.05) is 29.2 Å². The van der Waals surface area contributed by atoms with E-state index >= 15 is 0 Å². The normalized spacial score (nSPS) is 28.5. The third-order valence-electron chi connectivity index (χ3n) is 10.0. The number of amides is 1. The SMILES string of the molecule is CCCN1C[C@@]2(CC[C@H]3c4ccc(cc4C(=O)c4cc5ccccc5s4)C[C@@H](O)CCC(C)=CCC[C@@]32C)OC1=O. The van der Waals surface area contributed by atoms with Crippen LogP contribution in [0.4, 0.5) is 4.79 Å². The van der Waals surface area contributed by atoms with Gasteiger partial charge in [0.15, 0.2) is 0 Å². The summed E-state index contributed by atoms with van der Waals surface area (Å²) in [6.45, 7) is 7.86. The number of aliphatic hydroxyl groups excluding tert-OH is 1. The number of ether oxygens (including phenoxy) is 1. The van der Waals surface area contributed by atoms with Crippen molar-refractivity contribution in [3.63, 3.8) is 0 Å². The molecule has 1 aliphatic heterocycles. The van der Waals surface area contributed by atoms with Gasteiger partial charge in [0.1, 0.15) is 5.60 Å². The summed E-state index contributed by atoms with van der Waals surface area (Å²) in [5.74, 6) is 0.112. The Balaban J connectivity index is 1.47. The molecule has 5 nitrogen and oxygen atoms in total. The molecule has 1 saturated heterocycles. The van der Waals surface area contributed by atoms with Crippen molar-refractivity contribution in [3.05, 3.63) is 81.7 Å². The lowest BCUT2D eigenvalue weighted by Crippen LogP contribution is -2.48. The molecule has 1 spiro atoms. The molecule has 1 aromatic heterocycles. The third-order valence-corrected chi connectivity index (χ3v) is 11.1. The maximum absolute atomic E-state index is 14.3. The predicted octanol–water partition coefficient (Wildman–Crippen LogP) is 8.04. The molecule has 4 atom stereocenters. The Bertz CT molecular complexity index is 1470. The van der Waals surface area contributed by atoms with Crippen molar-refractivity contribution < 1.29 is 19.4 Å². The molecule has 1 saturated carbocycles. The van der Waals surface area contributed by atoms with Gasteiger partial charge in [0.05, 0.1) is 17.5 Å². The van der Waals surface area contributed by atoms with E-state index in [0.717, 1.165) is 70.2 Å². The van der Waals surface area contributed by atoms with Gasteiger partial charge in [-0.2, -0.15) is 0 Å². The Hall–Kier alpha value is -2.96. The smallest absolute Gasteiger partial charge is 0.410 e. The lowest BCUT2D eigenvalue weighted by molar-refractivity contribution is -0.0373. The second-order valence-electron chi connectivity index (χ2n) is 12.7. The van der Waals surface area contributed by atoms with E-state index < -0.39 is 11.7 Å². The van der Waals surface area contributed by atoms with Crippen molar-refractivity contribution in [2.45, 2.75) is 89.8 Å². The van der Waals surface area contributed by atoms with Crippen molar-refractivity contribution in [1.82, 2.24) is 4.90 Å². The van der Waals surface area contributed by atoms with Crippen LogP contribution in [0, 0.1) is 5.41 Å². The summed E-state index contributed by atoms with van der Waals surface area (Å²) < 4.78 is 7.48. The van der Waals surface area contributed by atoms with Crippen LogP contribution in [0.25, 0.3) is 10.1 Å². The summed E-state index contributed by atoms with van der Waals surface area (Å²) in [6.07, 6.45) is 7.99. The quantitative estimate of drug-likeness (QED) is 0.254. The van der Waals surface area contributed by atoms with E-state index in [-0.39, 0.29) is 23.2 Å². The number of benzene rings is 2. The molecule has 0 unspecified atom stereocenters. The van der Waals surface area contributed by atoms with Gasteiger partial charge in [-0.05, 0) is 98.9 Å². The summed E-state index contributed by atoms with van der Waals surface area (Å²) >= 11 is 1.54. The number of allylic oxidation sites excluding steroid dienone is 2. The first-order chi connectivity index (χ1) is 19.7. The standard InChI is InChI=1S/C35H41NO4S/c1-4-18-36-22-35(40-33(36)39)17-15-29-27-14-12-24(19-26(37)13-11-23(2)8-7-16-34(29,35)3)20-28(27)32(38)31-21-25-9-5-6-10-30(25)41-31/h5-6,8-10,12,14,20-21,26,29,37H,4,7,11,13,15-19,22H2,1-3H3/t26-,29-,34-,35+/m0/s1. The van der Waals surface area contributed by atoms with Crippen LogP contribution < -0.4 is 0 Å². The molecule has 6 heteroatoms. The second-order valence-corrected chi connectivity index (χ2v) is 13.8. The van der Waals surface area contributed by atoms with Gasteiger partial charge < -0.3 is 14.7 Å². The molecule has 0 radical (unpaired) electrons. The van der Waals surface area contributed by atoms with Gasteiger partial charge in [0, 0.05) is 22.2 Å². The lowest BCUT2D eigenvalue weighted by atomic mass is 9.65. The van der Waals surface area contributed by atoms with Crippen LogP contribution in [0.2, 0.25) is 0 Å². The van der Waals surface area contributed by atoms with Crippen LogP contribution >= 0.6 is 11.3 Å². The van der Waals surface area contributed by atoms with E-state index in [0.29, 0.717) is 25.9 Å². The molecule has 41 heavy (non-hydrogen) atoms. The summed E-state index contributed by atoms with van der Waals surface area (Å²) in [5.41, 5.74) is 3.15. The van der Waals surface area contributed by atoms with Crippen molar-refractivity contribution in [2.24, 2.45) is 5.41 Å². The first-order valence-electron chi connectivity index (χ1n) is 15.2. The lowest BCUT2D eigenvalue weighted by Gasteiger charge is -2.43. The monoisotopic (exact) mass is 571 g/mol. The van der Waals surface area contributed by atoms with E-state index in [2.05, 4.69) is 51.1 Å². The van der Waals surface area contributed by atoms with Gasteiger partial charge in [-0.3, -0.25) is 4.79 Å². The zero-order chi connectivity index (χ0) is 28.8. The number of rotatable bonds is 4. The molecule has 216 valence electrons. The zero-order valence-corrected chi connectivity index (χ0v) is 25.3. The van der Waals surface area contributed by atoms with Gasteiger partial charge >= 0.3 is 6.09 Å². The molecule has 1 amide bonds. The van der Waals surface area contributed by atoms with Gasteiger partial charge in [0.2, 0.25) is 5.78 Å². The van der Waals surface area contributed by atoms with E-state index in [1.54, 1.807) is 11.3 Å². The number of hydrogen-bond donors (Lipinski definition) is 1. The Labute approximate surface area is 247 Å². The molecule has 3 aliphatic carbocycles. The van der Waals surface area contributed by atoms with Crippen LogP contribution in [0.3, 0.4) is 0 Å². The Morgan fingerprint density at radius 1 is 1.15 bits per heavy atom. The van der Waals surface area contributed by atoms with Crippen LogP contribution in [0.15, 0.2) is 60.2 Å². The summed E-state index contributed by atoms with van der Waals surface area (Å²) in [6, 6.07) is 16.4. The maximum atomic E-state index is 14.3. The number of thiophene rings is 1. The molecule has 4 aliphatic rings. The van der Waals surface area contributed by atoms with Crippen molar-refractivity contribution in [1.29, 1.82) is 0 Å². The first-order valence-corrected chi connectivity index (χ1v) is 16.0. The van der Waals surface area contributed by atoms with Crippen LogP contribution in [-0.2, 0) is 11.2 Å². The number of carbonyl (C=O) groups excluding carboxylic acids is 2. The average molecular weight is 572 g/mol. The molecule has 2 aromatic carbocycles.